The number of nitrogens with one attached hydrogen (secondary N) is 1. The highest BCUT2D eigenvalue weighted by Crippen LogP contribution is 2.33. The smallest absolute Gasteiger partial charge is 0.0638 e. The number of hydrogen-bond acceptors (Lipinski definition) is 3. The number of rotatable bonds is 2. The van der Waals surface area contributed by atoms with Crippen LogP contribution in [0.25, 0.3) is 0 Å². The number of nitriles is 1. The molecular weight excluding hydrogens is 186 g/mol. The maximum Gasteiger partial charge on any atom is 0.0638 e. The normalized spacial score (nSPS) is 31.9. The van der Waals surface area contributed by atoms with Crippen LogP contribution in [0.5, 0.6) is 0 Å². The van der Waals surface area contributed by atoms with Crippen LogP contribution in [-0.2, 0) is 0 Å². The van der Waals surface area contributed by atoms with Gasteiger partial charge in [-0.1, -0.05) is 13.8 Å². The standard InChI is InChI=1S/C12H21N3/c1-12(2)8-14-7-11(5-6-13)15(9-12)10-3-4-10/h10-11,14H,3-5,7-9H2,1-2H3. The van der Waals surface area contributed by atoms with E-state index in [2.05, 4.69) is 30.1 Å². The van der Waals surface area contributed by atoms with E-state index < -0.39 is 0 Å². The Morgan fingerprint density at radius 2 is 2.20 bits per heavy atom. The van der Waals surface area contributed by atoms with Gasteiger partial charge in [-0.3, -0.25) is 4.90 Å². The van der Waals surface area contributed by atoms with Crippen LogP contribution < -0.4 is 5.32 Å². The Balaban J connectivity index is 2.06. The third-order valence-electron chi connectivity index (χ3n) is 3.41. The summed E-state index contributed by atoms with van der Waals surface area (Å²) in [6.45, 7) is 7.80. The van der Waals surface area contributed by atoms with Crippen LogP contribution in [0.15, 0.2) is 0 Å². The highest BCUT2D eigenvalue weighted by atomic mass is 15.2. The van der Waals surface area contributed by atoms with E-state index in [0.29, 0.717) is 17.9 Å². The molecule has 2 rings (SSSR count). The first-order valence-electron chi connectivity index (χ1n) is 5.96. The van der Waals surface area contributed by atoms with E-state index in [9.17, 15) is 0 Å². The fourth-order valence-electron chi connectivity index (χ4n) is 2.50. The summed E-state index contributed by atoms with van der Waals surface area (Å²) in [5.74, 6) is 0. The molecule has 0 aromatic carbocycles. The number of hydrogen-bond donors (Lipinski definition) is 1. The van der Waals surface area contributed by atoms with Gasteiger partial charge in [-0.25, -0.2) is 0 Å². The third-order valence-corrected chi connectivity index (χ3v) is 3.41. The second-order valence-corrected chi connectivity index (χ2v) is 5.71. The third kappa shape index (κ3) is 2.70. The van der Waals surface area contributed by atoms with E-state index in [1.165, 1.54) is 12.8 Å². The van der Waals surface area contributed by atoms with Gasteiger partial charge in [0.15, 0.2) is 0 Å². The van der Waals surface area contributed by atoms with E-state index in [1.54, 1.807) is 0 Å². The van der Waals surface area contributed by atoms with Crippen LogP contribution in [0, 0.1) is 16.7 Å². The van der Waals surface area contributed by atoms with Gasteiger partial charge in [0.1, 0.15) is 0 Å². The van der Waals surface area contributed by atoms with Crippen LogP contribution in [0.2, 0.25) is 0 Å². The predicted molar refractivity (Wildman–Crippen MR) is 60.4 cm³/mol. The summed E-state index contributed by atoms with van der Waals surface area (Å²) in [5.41, 5.74) is 0.340. The van der Waals surface area contributed by atoms with Crippen molar-refractivity contribution in [2.45, 2.75) is 45.2 Å². The van der Waals surface area contributed by atoms with Crippen molar-refractivity contribution in [2.75, 3.05) is 19.6 Å². The summed E-state index contributed by atoms with van der Waals surface area (Å²) in [7, 11) is 0. The zero-order valence-electron chi connectivity index (χ0n) is 9.79. The van der Waals surface area contributed by atoms with Gasteiger partial charge in [0.2, 0.25) is 0 Å². The summed E-state index contributed by atoms with van der Waals surface area (Å²) in [6.07, 6.45) is 3.33. The molecule has 15 heavy (non-hydrogen) atoms. The SMILES string of the molecule is CC1(C)CNCC(CC#N)N(C2CC2)C1. The first-order chi connectivity index (χ1) is 7.12. The van der Waals surface area contributed by atoms with Crippen molar-refractivity contribution in [3.63, 3.8) is 0 Å². The van der Waals surface area contributed by atoms with Crippen molar-refractivity contribution < 1.29 is 0 Å². The van der Waals surface area contributed by atoms with E-state index in [4.69, 9.17) is 5.26 Å². The Morgan fingerprint density at radius 3 is 2.80 bits per heavy atom. The van der Waals surface area contributed by atoms with Crippen LogP contribution in [0.4, 0.5) is 0 Å². The molecule has 1 aliphatic carbocycles. The molecule has 0 radical (unpaired) electrons. The van der Waals surface area contributed by atoms with E-state index in [0.717, 1.165) is 25.7 Å². The minimum atomic E-state index is 0.340. The zero-order chi connectivity index (χ0) is 10.9. The van der Waals surface area contributed by atoms with Gasteiger partial charge in [-0.05, 0) is 18.3 Å². The molecule has 2 aliphatic rings. The van der Waals surface area contributed by atoms with Crippen LogP contribution in [0.3, 0.4) is 0 Å². The van der Waals surface area contributed by atoms with Gasteiger partial charge < -0.3 is 5.32 Å². The molecule has 1 N–H and O–H groups in total. The first-order valence-corrected chi connectivity index (χ1v) is 5.96. The highest BCUT2D eigenvalue weighted by molar-refractivity contribution is 4.97. The molecule has 1 heterocycles. The molecule has 0 spiro atoms. The number of nitrogens with zero attached hydrogens (tertiary/aromatic N) is 2. The zero-order valence-corrected chi connectivity index (χ0v) is 9.79. The Bertz CT molecular complexity index is 263. The summed E-state index contributed by atoms with van der Waals surface area (Å²) >= 11 is 0. The lowest BCUT2D eigenvalue weighted by Crippen LogP contribution is -2.42. The molecule has 0 bridgehead atoms. The van der Waals surface area contributed by atoms with Crippen molar-refractivity contribution in [3.8, 4) is 6.07 Å². The highest BCUT2D eigenvalue weighted by Gasteiger charge is 2.38. The summed E-state index contributed by atoms with van der Waals surface area (Å²) in [6, 6.07) is 3.52. The fourth-order valence-corrected chi connectivity index (χ4v) is 2.50. The van der Waals surface area contributed by atoms with E-state index in [-0.39, 0.29) is 0 Å². The molecule has 2 fully saturated rings. The van der Waals surface area contributed by atoms with E-state index in [1.807, 2.05) is 0 Å². The molecule has 1 atom stereocenters. The summed E-state index contributed by atoms with van der Waals surface area (Å²) < 4.78 is 0. The average molecular weight is 207 g/mol. The minimum absolute atomic E-state index is 0.340. The molecule has 1 aliphatic heterocycles. The molecule has 1 saturated carbocycles. The van der Waals surface area contributed by atoms with Crippen molar-refractivity contribution >= 4 is 0 Å². The van der Waals surface area contributed by atoms with Gasteiger partial charge in [-0.2, -0.15) is 5.26 Å². The topological polar surface area (TPSA) is 39.1 Å². The van der Waals surface area contributed by atoms with E-state index >= 15 is 0 Å². The van der Waals surface area contributed by atoms with Crippen molar-refractivity contribution in [3.05, 3.63) is 0 Å². The molecular formula is C12H21N3. The molecule has 0 aromatic heterocycles. The summed E-state index contributed by atoms with van der Waals surface area (Å²) in [4.78, 5) is 2.57. The Morgan fingerprint density at radius 1 is 1.47 bits per heavy atom. The van der Waals surface area contributed by atoms with Crippen LogP contribution in [-0.4, -0.2) is 36.6 Å². The van der Waals surface area contributed by atoms with Crippen LogP contribution >= 0.6 is 0 Å². The largest absolute Gasteiger partial charge is 0.315 e. The molecule has 84 valence electrons. The molecule has 3 heteroatoms. The Kier molecular flexibility index (Phi) is 2.99. The van der Waals surface area contributed by atoms with Crippen molar-refractivity contribution in [2.24, 2.45) is 5.41 Å². The summed E-state index contributed by atoms with van der Waals surface area (Å²) in [5, 5.41) is 12.3. The van der Waals surface area contributed by atoms with Gasteiger partial charge in [0, 0.05) is 31.7 Å². The maximum absolute atomic E-state index is 8.86. The Labute approximate surface area is 92.4 Å². The second-order valence-electron chi connectivity index (χ2n) is 5.71. The van der Waals surface area contributed by atoms with Gasteiger partial charge in [0.25, 0.3) is 0 Å². The minimum Gasteiger partial charge on any atom is -0.315 e. The van der Waals surface area contributed by atoms with Gasteiger partial charge >= 0.3 is 0 Å². The fraction of sp³-hybridized carbons (Fsp3) is 0.917. The lowest BCUT2D eigenvalue weighted by molar-refractivity contribution is 0.149. The van der Waals surface area contributed by atoms with Crippen LogP contribution in [0.1, 0.15) is 33.1 Å². The molecule has 1 saturated heterocycles. The lowest BCUT2D eigenvalue weighted by atomic mass is 9.93. The average Bonchev–Trinajstić information content (AvgIpc) is 2.94. The second kappa shape index (κ2) is 4.11. The quantitative estimate of drug-likeness (QED) is 0.743. The van der Waals surface area contributed by atoms with Crippen molar-refractivity contribution in [1.29, 1.82) is 5.26 Å². The Hall–Kier alpha value is -0.590. The van der Waals surface area contributed by atoms with Crippen molar-refractivity contribution in [1.82, 2.24) is 10.2 Å². The molecule has 0 amide bonds. The maximum atomic E-state index is 8.86. The molecule has 1 unspecified atom stereocenters. The first kappa shape index (κ1) is 10.9. The predicted octanol–water partition coefficient (Wildman–Crippen LogP) is 1.36. The van der Waals surface area contributed by atoms with Gasteiger partial charge in [0.05, 0.1) is 12.5 Å². The lowest BCUT2D eigenvalue weighted by Gasteiger charge is -2.33. The monoisotopic (exact) mass is 207 g/mol. The molecule has 3 nitrogen and oxygen atoms in total. The molecule has 0 aromatic rings. The van der Waals surface area contributed by atoms with Gasteiger partial charge in [-0.15, -0.1) is 0 Å².